The van der Waals surface area contributed by atoms with Crippen LogP contribution in [0.2, 0.25) is 0 Å². The van der Waals surface area contributed by atoms with Crippen molar-refractivity contribution in [1.29, 1.82) is 0 Å². The van der Waals surface area contributed by atoms with E-state index < -0.39 is 0 Å². The van der Waals surface area contributed by atoms with Gasteiger partial charge in [0.2, 0.25) is 0 Å². The van der Waals surface area contributed by atoms with Crippen LogP contribution in [-0.4, -0.2) is 17.6 Å². The van der Waals surface area contributed by atoms with Crippen LogP contribution in [0, 0.1) is 19.3 Å². The van der Waals surface area contributed by atoms with Gasteiger partial charge in [0.25, 0.3) is 0 Å². The number of thiazole rings is 1. The zero-order chi connectivity index (χ0) is 11.8. The van der Waals surface area contributed by atoms with E-state index in [2.05, 4.69) is 38.0 Å². The smallest absolute Gasteiger partial charge is 0.0943 e. The molecule has 1 aromatic rings. The predicted octanol–water partition coefficient (Wildman–Crippen LogP) is 3.08. The average Bonchev–Trinajstić information content (AvgIpc) is 2.89. The molecule has 1 fully saturated rings. The topological polar surface area (TPSA) is 24.9 Å². The lowest BCUT2D eigenvalue weighted by atomic mass is 10.0. The van der Waals surface area contributed by atoms with Gasteiger partial charge in [-0.25, -0.2) is 4.98 Å². The van der Waals surface area contributed by atoms with Crippen LogP contribution in [0.3, 0.4) is 0 Å². The second-order valence-electron chi connectivity index (χ2n) is 5.33. The third kappa shape index (κ3) is 2.64. The highest BCUT2D eigenvalue weighted by atomic mass is 32.1. The summed E-state index contributed by atoms with van der Waals surface area (Å²) in [4.78, 5) is 5.92. The zero-order valence-corrected chi connectivity index (χ0v) is 11.6. The Balaban J connectivity index is 1.75. The maximum atomic E-state index is 4.56. The minimum absolute atomic E-state index is 0.578. The van der Waals surface area contributed by atoms with E-state index in [-0.39, 0.29) is 0 Å². The lowest BCUT2D eigenvalue weighted by molar-refractivity contribution is 0.383. The van der Waals surface area contributed by atoms with Crippen LogP contribution >= 0.6 is 11.3 Å². The zero-order valence-electron chi connectivity index (χ0n) is 10.8. The normalized spacial score (nSPS) is 19.8. The van der Waals surface area contributed by atoms with Gasteiger partial charge in [0.15, 0.2) is 0 Å². The molecule has 1 heterocycles. The largest absolute Gasteiger partial charge is 0.313 e. The number of nitrogens with one attached hydrogen (secondary N) is 1. The molecule has 1 N–H and O–H groups in total. The van der Waals surface area contributed by atoms with E-state index in [0.717, 1.165) is 13.0 Å². The highest BCUT2D eigenvalue weighted by molar-refractivity contribution is 7.11. The van der Waals surface area contributed by atoms with Gasteiger partial charge < -0.3 is 5.32 Å². The highest BCUT2D eigenvalue weighted by Gasteiger charge is 2.41. The third-order valence-corrected chi connectivity index (χ3v) is 5.08. The monoisotopic (exact) mass is 238 g/mol. The van der Waals surface area contributed by atoms with Crippen molar-refractivity contribution in [3.63, 3.8) is 0 Å². The summed E-state index contributed by atoms with van der Waals surface area (Å²) in [5, 5.41) is 4.90. The Morgan fingerprint density at radius 3 is 2.62 bits per heavy atom. The molecule has 1 unspecified atom stereocenters. The lowest BCUT2D eigenvalue weighted by Crippen LogP contribution is -2.34. The Kier molecular flexibility index (Phi) is 3.36. The van der Waals surface area contributed by atoms with Crippen LogP contribution in [0.1, 0.15) is 42.3 Å². The van der Waals surface area contributed by atoms with E-state index in [1.54, 1.807) is 0 Å². The summed E-state index contributed by atoms with van der Waals surface area (Å²) in [7, 11) is 0. The fourth-order valence-electron chi connectivity index (χ4n) is 1.92. The molecule has 0 aliphatic heterocycles. The van der Waals surface area contributed by atoms with Gasteiger partial charge >= 0.3 is 0 Å². The molecule has 0 bridgehead atoms. The predicted molar refractivity (Wildman–Crippen MR) is 70.1 cm³/mol. The first-order valence-corrected chi connectivity index (χ1v) is 6.99. The summed E-state index contributed by atoms with van der Waals surface area (Å²) < 4.78 is 0. The molecular formula is C13H22N2S. The Hall–Kier alpha value is -0.410. The molecule has 1 aromatic heterocycles. The minimum Gasteiger partial charge on any atom is -0.313 e. The van der Waals surface area contributed by atoms with E-state index in [9.17, 15) is 0 Å². The minimum atomic E-state index is 0.578. The molecule has 2 rings (SSSR count). The molecule has 1 saturated carbocycles. The maximum absolute atomic E-state index is 4.56. The Morgan fingerprint density at radius 2 is 2.12 bits per heavy atom. The molecule has 0 radical (unpaired) electrons. The van der Waals surface area contributed by atoms with E-state index in [1.807, 2.05) is 11.3 Å². The van der Waals surface area contributed by atoms with E-state index in [1.165, 1.54) is 28.4 Å². The average molecular weight is 238 g/mol. The van der Waals surface area contributed by atoms with Crippen molar-refractivity contribution in [3.05, 3.63) is 15.6 Å². The van der Waals surface area contributed by atoms with Gasteiger partial charge in [-0.05, 0) is 39.0 Å². The summed E-state index contributed by atoms with van der Waals surface area (Å²) in [6, 6.07) is 0.648. The molecule has 0 saturated heterocycles. The first-order chi connectivity index (χ1) is 7.51. The number of hydrogen-bond donors (Lipinski definition) is 1. The molecule has 2 nitrogen and oxygen atoms in total. The molecule has 1 atom stereocenters. The fourth-order valence-corrected chi connectivity index (χ4v) is 2.85. The SMILES string of the molecule is Cc1nc(CCNC(C)C2(C)CC2)sc1C. The second kappa shape index (κ2) is 4.46. The van der Waals surface area contributed by atoms with Crippen LogP contribution in [0.4, 0.5) is 0 Å². The van der Waals surface area contributed by atoms with Gasteiger partial charge in [0.1, 0.15) is 0 Å². The third-order valence-electron chi connectivity index (χ3n) is 3.95. The molecule has 0 amide bonds. The molecule has 16 heavy (non-hydrogen) atoms. The van der Waals surface area contributed by atoms with E-state index in [4.69, 9.17) is 0 Å². The van der Waals surface area contributed by atoms with Gasteiger partial charge in [-0.1, -0.05) is 6.92 Å². The van der Waals surface area contributed by atoms with Crippen LogP contribution in [0.5, 0.6) is 0 Å². The standard InChI is InChI=1S/C13H22N2S/c1-9-10(2)16-12(15-9)5-8-14-11(3)13(4)6-7-13/h11,14H,5-8H2,1-4H3. The van der Waals surface area contributed by atoms with Crippen molar-refractivity contribution in [2.75, 3.05) is 6.54 Å². The van der Waals surface area contributed by atoms with E-state index in [0.29, 0.717) is 11.5 Å². The van der Waals surface area contributed by atoms with Gasteiger partial charge in [0, 0.05) is 23.9 Å². The molecule has 1 aliphatic carbocycles. The number of aromatic nitrogens is 1. The Bertz CT molecular complexity index is 347. The Morgan fingerprint density at radius 1 is 1.44 bits per heavy atom. The van der Waals surface area contributed by atoms with Crippen LogP contribution in [-0.2, 0) is 6.42 Å². The molecular weight excluding hydrogens is 216 g/mol. The first kappa shape index (κ1) is 12.1. The van der Waals surface area contributed by atoms with Gasteiger partial charge in [-0.2, -0.15) is 0 Å². The number of aryl methyl sites for hydroxylation is 2. The summed E-state index contributed by atoms with van der Waals surface area (Å²) >= 11 is 1.84. The van der Waals surface area contributed by atoms with Crippen LogP contribution < -0.4 is 5.32 Å². The van der Waals surface area contributed by atoms with Crippen molar-refractivity contribution in [2.45, 2.75) is 53.0 Å². The highest BCUT2D eigenvalue weighted by Crippen LogP contribution is 2.47. The summed E-state index contributed by atoms with van der Waals surface area (Å²) in [5.41, 5.74) is 1.77. The molecule has 1 aliphatic rings. The molecule has 3 heteroatoms. The summed E-state index contributed by atoms with van der Waals surface area (Å²) in [6.07, 6.45) is 3.84. The van der Waals surface area contributed by atoms with Crippen molar-refractivity contribution in [2.24, 2.45) is 5.41 Å². The quantitative estimate of drug-likeness (QED) is 0.852. The van der Waals surface area contributed by atoms with Gasteiger partial charge in [-0.15, -0.1) is 11.3 Å². The maximum Gasteiger partial charge on any atom is 0.0943 e. The van der Waals surface area contributed by atoms with Crippen molar-refractivity contribution in [3.8, 4) is 0 Å². The van der Waals surface area contributed by atoms with Gasteiger partial charge in [0.05, 0.1) is 10.7 Å². The summed E-state index contributed by atoms with van der Waals surface area (Å²) in [5.74, 6) is 0. The number of hydrogen-bond acceptors (Lipinski definition) is 3. The van der Waals surface area contributed by atoms with Crippen molar-refractivity contribution >= 4 is 11.3 Å². The second-order valence-corrected chi connectivity index (χ2v) is 6.62. The summed E-state index contributed by atoms with van der Waals surface area (Å²) in [6.45, 7) is 9.99. The van der Waals surface area contributed by atoms with Crippen LogP contribution in [0.25, 0.3) is 0 Å². The van der Waals surface area contributed by atoms with Gasteiger partial charge in [-0.3, -0.25) is 0 Å². The Labute approximate surface area is 102 Å². The van der Waals surface area contributed by atoms with Crippen molar-refractivity contribution < 1.29 is 0 Å². The van der Waals surface area contributed by atoms with Crippen molar-refractivity contribution in [1.82, 2.24) is 10.3 Å². The molecule has 90 valence electrons. The van der Waals surface area contributed by atoms with E-state index >= 15 is 0 Å². The number of nitrogens with zero attached hydrogens (tertiary/aromatic N) is 1. The number of rotatable bonds is 5. The first-order valence-electron chi connectivity index (χ1n) is 6.17. The molecule has 0 aromatic carbocycles. The van der Waals surface area contributed by atoms with Crippen LogP contribution in [0.15, 0.2) is 0 Å². The molecule has 0 spiro atoms. The fraction of sp³-hybridized carbons (Fsp3) is 0.769. The lowest BCUT2D eigenvalue weighted by Gasteiger charge is -2.19.